The van der Waals surface area contributed by atoms with E-state index in [4.69, 9.17) is 4.74 Å². The van der Waals surface area contributed by atoms with Gasteiger partial charge < -0.3 is 9.64 Å². The largest absolute Gasteiger partial charge is 0.372 e. The lowest BCUT2D eigenvalue weighted by atomic mass is 10.1. The van der Waals surface area contributed by atoms with Gasteiger partial charge in [0, 0.05) is 22.6 Å². The zero-order valence-electron chi connectivity index (χ0n) is 14.9. The molecule has 1 amide bonds. The van der Waals surface area contributed by atoms with E-state index in [1.54, 1.807) is 11.3 Å². The molecule has 4 rings (SSSR count). The van der Waals surface area contributed by atoms with Gasteiger partial charge in [-0.2, -0.15) is 0 Å². The third kappa shape index (κ3) is 3.24. The Morgan fingerprint density at radius 2 is 2.12 bits per heavy atom. The summed E-state index contributed by atoms with van der Waals surface area (Å²) in [5.74, 6) is 0.104. The van der Waals surface area contributed by atoms with Gasteiger partial charge in [-0.3, -0.25) is 9.69 Å². The molecular weight excluding hydrogens is 332 g/mol. The molecule has 1 aromatic carbocycles. The Hall–Kier alpha value is -1.69. The van der Waals surface area contributed by atoms with Gasteiger partial charge in [-0.15, -0.1) is 11.3 Å². The number of rotatable bonds is 3. The highest BCUT2D eigenvalue weighted by molar-refractivity contribution is 7.16. The van der Waals surface area contributed by atoms with Gasteiger partial charge in [-0.05, 0) is 44.4 Å². The van der Waals surface area contributed by atoms with Crippen LogP contribution in [-0.4, -0.2) is 31.8 Å². The number of hydrogen-bond acceptors (Lipinski definition) is 3. The summed E-state index contributed by atoms with van der Waals surface area (Å²) < 4.78 is 5.84. The second kappa shape index (κ2) is 6.90. The predicted octanol–water partition coefficient (Wildman–Crippen LogP) is 2.55. The van der Waals surface area contributed by atoms with E-state index in [0.29, 0.717) is 6.10 Å². The molecule has 0 spiro atoms. The molecule has 1 aromatic heterocycles. The van der Waals surface area contributed by atoms with E-state index in [2.05, 4.69) is 13.8 Å². The van der Waals surface area contributed by atoms with Crippen LogP contribution in [0.15, 0.2) is 30.3 Å². The molecule has 5 heteroatoms. The fraction of sp³-hybridized carbons (Fsp3) is 0.450. The smallest absolute Gasteiger partial charge is 0.263 e. The van der Waals surface area contributed by atoms with Crippen molar-refractivity contribution in [2.45, 2.75) is 39.3 Å². The van der Waals surface area contributed by atoms with Gasteiger partial charge in [0.25, 0.3) is 5.91 Å². The van der Waals surface area contributed by atoms with Crippen LogP contribution in [0.1, 0.15) is 39.2 Å². The summed E-state index contributed by atoms with van der Waals surface area (Å²) in [5.41, 5.74) is 3.44. The molecule has 2 unspecified atom stereocenters. The molecule has 2 aliphatic heterocycles. The van der Waals surface area contributed by atoms with E-state index in [-0.39, 0.29) is 5.91 Å². The van der Waals surface area contributed by atoms with E-state index in [0.717, 1.165) is 49.8 Å². The highest BCUT2D eigenvalue weighted by atomic mass is 32.1. The maximum atomic E-state index is 13.2. The molecule has 2 atom stereocenters. The summed E-state index contributed by atoms with van der Waals surface area (Å²) >= 11 is 1.75. The maximum absolute atomic E-state index is 13.2. The van der Waals surface area contributed by atoms with Gasteiger partial charge in [-0.25, -0.2) is 0 Å². The first-order chi connectivity index (χ1) is 12.1. The first-order valence-corrected chi connectivity index (χ1v) is 9.86. The van der Waals surface area contributed by atoms with Crippen LogP contribution in [0.25, 0.3) is 0 Å². The Kier molecular flexibility index (Phi) is 4.63. The number of hydrogen-bond donors (Lipinski definition) is 1. The van der Waals surface area contributed by atoms with Crippen LogP contribution in [0.5, 0.6) is 0 Å². The summed E-state index contributed by atoms with van der Waals surface area (Å²) in [6, 6.07) is 9.63. The number of benzene rings is 1. The van der Waals surface area contributed by atoms with Crippen molar-refractivity contribution in [1.29, 1.82) is 0 Å². The van der Waals surface area contributed by atoms with Crippen molar-refractivity contribution in [3.63, 3.8) is 0 Å². The number of carbonyl (C=O) groups is 1. The van der Waals surface area contributed by atoms with Crippen molar-refractivity contribution in [3.8, 4) is 0 Å². The standard InChI is InChI=1S/C20H24N2O2S/c1-14-15(2)25-20-18(14)12-21(11-17-9-6-10-24-17)13-22(20)19(23)16-7-4-3-5-8-16/h3-5,7-8,17H,6,9-13H2,1-2H3/p+1. The van der Waals surface area contributed by atoms with Crippen molar-refractivity contribution >= 4 is 22.2 Å². The van der Waals surface area contributed by atoms with Gasteiger partial charge in [0.1, 0.15) is 24.2 Å². The average Bonchev–Trinajstić information content (AvgIpc) is 3.24. The van der Waals surface area contributed by atoms with Crippen molar-refractivity contribution in [2.24, 2.45) is 0 Å². The van der Waals surface area contributed by atoms with Crippen molar-refractivity contribution in [2.75, 3.05) is 24.7 Å². The van der Waals surface area contributed by atoms with E-state index in [9.17, 15) is 4.79 Å². The highest BCUT2D eigenvalue weighted by Gasteiger charge is 2.35. The van der Waals surface area contributed by atoms with Crippen LogP contribution >= 0.6 is 11.3 Å². The van der Waals surface area contributed by atoms with Crippen LogP contribution in [0, 0.1) is 13.8 Å². The van der Waals surface area contributed by atoms with Crippen LogP contribution in [0.2, 0.25) is 0 Å². The Balaban J connectivity index is 1.64. The van der Waals surface area contributed by atoms with Crippen LogP contribution in [0.4, 0.5) is 5.00 Å². The van der Waals surface area contributed by atoms with Gasteiger partial charge in [0.15, 0.2) is 6.67 Å². The Labute approximate surface area is 153 Å². The molecular formula is C20H25N2O2S+. The fourth-order valence-corrected chi connectivity index (χ4v) is 5.02. The molecule has 0 bridgehead atoms. The molecule has 3 heterocycles. The maximum Gasteiger partial charge on any atom is 0.263 e. The SMILES string of the molecule is Cc1sc2c(c1C)C[NH+](CC1CCCO1)CN2C(=O)c1ccccc1. The summed E-state index contributed by atoms with van der Waals surface area (Å²) in [6.07, 6.45) is 2.64. The van der Waals surface area contributed by atoms with Crippen LogP contribution in [-0.2, 0) is 11.3 Å². The van der Waals surface area contributed by atoms with Gasteiger partial charge in [-0.1, -0.05) is 18.2 Å². The number of ether oxygens (including phenoxy) is 1. The van der Waals surface area contributed by atoms with Crippen molar-refractivity contribution in [3.05, 3.63) is 51.9 Å². The van der Waals surface area contributed by atoms with Crippen LogP contribution in [0.3, 0.4) is 0 Å². The molecule has 132 valence electrons. The first-order valence-electron chi connectivity index (χ1n) is 9.04. The number of nitrogens with one attached hydrogen (secondary N) is 1. The molecule has 2 aromatic rings. The number of thiophene rings is 1. The third-order valence-corrected chi connectivity index (χ3v) is 6.62. The molecule has 0 saturated carbocycles. The fourth-order valence-electron chi connectivity index (χ4n) is 3.85. The number of amides is 1. The number of nitrogens with zero attached hydrogens (tertiary/aromatic N) is 1. The minimum atomic E-state index is 0.104. The second-order valence-electron chi connectivity index (χ2n) is 7.09. The second-order valence-corrected chi connectivity index (χ2v) is 8.29. The zero-order chi connectivity index (χ0) is 17.4. The van der Waals surface area contributed by atoms with Gasteiger partial charge >= 0.3 is 0 Å². The monoisotopic (exact) mass is 357 g/mol. The van der Waals surface area contributed by atoms with E-state index in [1.165, 1.54) is 20.9 Å². The summed E-state index contributed by atoms with van der Waals surface area (Å²) in [4.78, 5) is 17.9. The summed E-state index contributed by atoms with van der Waals surface area (Å²) in [6.45, 7) is 7.91. The zero-order valence-corrected chi connectivity index (χ0v) is 15.7. The van der Waals surface area contributed by atoms with E-state index in [1.807, 2.05) is 35.2 Å². The Bertz CT molecular complexity index is 766. The third-order valence-electron chi connectivity index (χ3n) is 5.35. The topological polar surface area (TPSA) is 34.0 Å². The molecule has 4 nitrogen and oxygen atoms in total. The Morgan fingerprint density at radius 1 is 1.32 bits per heavy atom. The van der Waals surface area contributed by atoms with Crippen molar-refractivity contribution in [1.82, 2.24) is 0 Å². The molecule has 2 aliphatic rings. The normalized spacial score (nSPS) is 22.9. The highest BCUT2D eigenvalue weighted by Crippen LogP contribution is 2.36. The lowest BCUT2D eigenvalue weighted by Crippen LogP contribution is -3.14. The molecule has 1 fully saturated rings. The number of anilines is 1. The summed E-state index contributed by atoms with van der Waals surface area (Å²) in [5, 5.41) is 1.14. The lowest BCUT2D eigenvalue weighted by Gasteiger charge is -2.34. The quantitative estimate of drug-likeness (QED) is 0.916. The number of aryl methyl sites for hydroxylation is 1. The van der Waals surface area contributed by atoms with E-state index < -0.39 is 0 Å². The molecule has 0 aliphatic carbocycles. The number of fused-ring (bicyclic) bond motifs is 1. The number of quaternary nitrogens is 1. The predicted molar refractivity (Wildman–Crippen MR) is 100 cm³/mol. The first kappa shape index (κ1) is 16.8. The lowest BCUT2D eigenvalue weighted by molar-refractivity contribution is -0.917. The average molecular weight is 357 g/mol. The van der Waals surface area contributed by atoms with Gasteiger partial charge in [0.05, 0.1) is 0 Å². The molecule has 1 saturated heterocycles. The molecule has 0 radical (unpaired) electrons. The molecule has 1 N–H and O–H groups in total. The number of carbonyl (C=O) groups excluding carboxylic acids is 1. The van der Waals surface area contributed by atoms with Gasteiger partial charge in [0.2, 0.25) is 0 Å². The summed E-state index contributed by atoms with van der Waals surface area (Å²) in [7, 11) is 0. The minimum Gasteiger partial charge on any atom is -0.372 e. The van der Waals surface area contributed by atoms with Crippen LogP contribution < -0.4 is 9.80 Å². The van der Waals surface area contributed by atoms with E-state index >= 15 is 0 Å². The minimum absolute atomic E-state index is 0.104. The van der Waals surface area contributed by atoms with Crippen molar-refractivity contribution < 1.29 is 14.4 Å². The Morgan fingerprint density at radius 3 is 2.84 bits per heavy atom. The molecule has 25 heavy (non-hydrogen) atoms.